The van der Waals surface area contributed by atoms with Crippen LogP contribution in [0.2, 0.25) is 0 Å². The lowest BCUT2D eigenvalue weighted by Crippen LogP contribution is -2.34. The number of para-hydroxylation sites is 1. The molecule has 0 N–H and O–H groups in total. The van der Waals surface area contributed by atoms with Crippen LogP contribution in [0.4, 0.5) is 0 Å². The van der Waals surface area contributed by atoms with E-state index >= 15 is 4.57 Å². The quantitative estimate of drug-likeness (QED) is 0.101. The summed E-state index contributed by atoms with van der Waals surface area (Å²) in [4.78, 5) is 5.35. The maximum absolute atomic E-state index is 16.9. The number of nitrogens with zero attached hydrogens (tertiary/aromatic N) is 2. The van der Waals surface area contributed by atoms with Gasteiger partial charge < -0.3 is 4.57 Å². The molecule has 0 saturated heterocycles. The number of hydrogen-bond donors (Lipinski definition) is 0. The number of rotatable bonds is 4. The van der Waals surface area contributed by atoms with Crippen molar-refractivity contribution in [2.75, 3.05) is 0 Å². The molecule has 61 heavy (non-hydrogen) atoms. The van der Waals surface area contributed by atoms with Gasteiger partial charge in [-0.05, 0) is 106 Å². The Balaban J connectivity index is 1.15. The molecule has 1 aliphatic heterocycles. The third-order valence-electron chi connectivity index (χ3n) is 12.9. The minimum Gasteiger partial charge on any atom is -0.308 e. The minimum atomic E-state index is -3.52. The third kappa shape index (κ3) is 4.87. The molecular weight excluding hydrogens is 760 g/mol. The van der Waals surface area contributed by atoms with E-state index in [0.29, 0.717) is 0 Å². The van der Waals surface area contributed by atoms with Gasteiger partial charge >= 0.3 is 0 Å². The summed E-state index contributed by atoms with van der Waals surface area (Å²) < 4.78 is 19.2. The van der Waals surface area contributed by atoms with E-state index in [1.54, 1.807) is 0 Å². The van der Waals surface area contributed by atoms with Gasteiger partial charge in [-0.1, -0.05) is 182 Å². The summed E-state index contributed by atoms with van der Waals surface area (Å²) in [7, 11) is -3.52. The maximum atomic E-state index is 16.9. The standard InChI is InChI=1S/C57H35N2OP/c60-61(42-17-2-1-3-18-42)52-27-13-25-50-55(52)59(57(58-50)41-33-28-36-14-4-5-16-39(36)34-41)51-26-12-24-48(56(51)61)54-46-22-10-8-20-44(46)53(45-21-9-11-23-47(45)54)40-32-31-38-30-29-37-15-6-7-19-43(37)49(38)35-40/h1-35H. The van der Waals surface area contributed by atoms with Crippen molar-refractivity contribution in [2.45, 2.75) is 0 Å². The second-order valence-electron chi connectivity index (χ2n) is 16.2. The summed E-state index contributed by atoms with van der Waals surface area (Å²) in [6.45, 7) is 0. The second kappa shape index (κ2) is 13.0. The van der Waals surface area contributed by atoms with E-state index in [4.69, 9.17) is 4.98 Å². The van der Waals surface area contributed by atoms with Crippen molar-refractivity contribution in [2.24, 2.45) is 0 Å². The monoisotopic (exact) mass is 794 g/mol. The zero-order valence-electron chi connectivity index (χ0n) is 33.0. The molecule has 2 heterocycles. The highest BCUT2D eigenvalue weighted by molar-refractivity contribution is 7.86. The van der Waals surface area contributed by atoms with Crippen LogP contribution < -0.4 is 15.9 Å². The summed E-state index contributed by atoms with van der Waals surface area (Å²) in [6.07, 6.45) is 0. The highest BCUT2D eigenvalue weighted by Gasteiger charge is 2.42. The van der Waals surface area contributed by atoms with Crippen molar-refractivity contribution < 1.29 is 4.57 Å². The van der Waals surface area contributed by atoms with E-state index < -0.39 is 7.14 Å². The second-order valence-corrected chi connectivity index (χ2v) is 18.8. The molecular formula is C57H35N2OP. The van der Waals surface area contributed by atoms with Crippen molar-refractivity contribution in [1.82, 2.24) is 9.55 Å². The van der Waals surface area contributed by atoms with Gasteiger partial charge in [-0.3, -0.25) is 4.57 Å². The normalized spacial score (nSPS) is 14.7. The van der Waals surface area contributed by atoms with Gasteiger partial charge in [-0.2, -0.15) is 0 Å². The lowest BCUT2D eigenvalue weighted by molar-refractivity contribution is 0.592. The predicted molar refractivity (Wildman–Crippen MR) is 258 cm³/mol. The largest absolute Gasteiger partial charge is 0.308 e. The van der Waals surface area contributed by atoms with Crippen molar-refractivity contribution >= 4 is 88.0 Å². The Morgan fingerprint density at radius 1 is 0.410 bits per heavy atom. The van der Waals surface area contributed by atoms with Gasteiger partial charge in [0.2, 0.25) is 0 Å². The summed E-state index contributed by atoms with van der Waals surface area (Å²) in [6, 6.07) is 75.3. The van der Waals surface area contributed by atoms with Crippen LogP contribution in [0.3, 0.4) is 0 Å². The fourth-order valence-electron chi connectivity index (χ4n) is 10.3. The molecule has 12 aromatic rings. The van der Waals surface area contributed by atoms with E-state index in [1.165, 1.54) is 38.1 Å². The number of benzene rings is 11. The first-order chi connectivity index (χ1) is 30.1. The molecule has 284 valence electrons. The minimum absolute atomic E-state index is 0.810. The summed E-state index contributed by atoms with van der Waals surface area (Å²) in [5, 5.41) is 14.3. The van der Waals surface area contributed by atoms with Crippen LogP contribution >= 0.6 is 7.14 Å². The molecule has 0 spiro atoms. The van der Waals surface area contributed by atoms with Gasteiger partial charge in [0.1, 0.15) is 5.82 Å². The van der Waals surface area contributed by atoms with Crippen molar-refractivity contribution in [3.8, 4) is 39.3 Å². The average molecular weight is 795 g/mol. The van der Waals surface area contributed by atoms with Gasteiger partial charge in [-0.25, -0.2) is 4.98 Å². The molecule has 0 fully saturated rings. The van der Waals surface area contributed by atoms with Crippen LogP contribution in [0.25, 0.3) is 104 Å². The lowest BCUT2D eigenvalue weighted by Gasteiger charge is -2.32. The molecule has 0 radical (unpaired) electrons. The van der Waals surface area contributed by atoms with Gasteiger partial charge in [0.15, 0.2) is 7.14 Å². The van der Waals surface area contributed by atoms with Gasteiger partial charge in [0, 0.05) is 16.2 Å². The molecule has 0 saturated carbocycles. The smallest absolute Gasteiger partial charge is 0.175 e. The van der Waals surface area contributed by atoms with E-state index in [-0.39, 0.29) is 0 Å². The Labute approximate surface area is 352 Å². The van der Waals surface area contributed by atoms with Gasteiger partial charge in [0.05, 0.1) is 22.0 Å². The molecule has 0 aliphatic carbocycles. The van der Waals surface area contributed by atoms with E-state index in [2.05, 4.69) is 180 Å². The topological polar surface area (TPSA) is 34.9 Å². The molecule has 3 nitrogen and oxygen atoms in total. The molecule has 1 aliphatic rings. The Kier molecular flexibility index (Phi) is 7.29. The van der Waals surface area contributed by atoms with Crippen molar-refractivity contribution in [3.05, 3.63) is 212 Å². The van der Waals surface area contributed by atoms with Gasteiger partial charge in [-0.15, -0.1) is 0 Å². The zero-order valence-corrected chi connectivity index (χ0v) is 33.9. The molecule has 11 aromatic carbocycles. The molecule has 1 unspecified atom stereocenters. The molecule has 13 rings (SSSR count). The summed E-state index contributed by atoms with van der Waals surface area (Å²) >= 11 is 0. The third-order valence-corrected chi connectivity index (χ3v) is 16.1. The van der Waals surface area contributed by atoms with E-state index in [9.17, 15) is 0 Å². The number of hydrogen-bond acceptors (Lipinski definition) is 2. The maximum Gasteiger partial charge on any atom is 0.175 e. The van der Waals surface area contributed by atoms with Gasteiger partial charge in [0.25, 0.3) is 0 Å². The first-order valence-electron chi connectivity index (χ1n) is 20.8. The number of aromatic nitrogens is 2. The fraction of sp³-hybridized carbons (Fsp3) is 0. The lowest BCUT2D eigenvalue weighted by atomic mass is 9.85. The van der Waals surface area contributed by atoms with Crippen LogP contribution in [0.5, 0.6) is 0 Å². The average Bonchev–Trinajstić information content (AvgIpc) is 3.72. The Morgan fingerprint density at radius 2 is 0.984 bits per heavy atom. The molecule has 1 aromatic heterocycles. The Hall–Kier alpha value is -7.58. The first kappa shape index (κ1) is 34.3. The SMILES string of the molecule is O=P1(c2ccccc2)c2c(-c3c4ccccc4c(-c4ccc5ccc6ccccc6c5c4)c4ccccc34)cccc2-n2c(-c3ccc4ccccc4c3)nc3cccc1c32. The zero-order chi connectivity index (χ0) is 40.2. The van der Waals surface area contributed by atoms with Crippen molar-refractivity contribution in [3.63, 3.8) is 0 Å². The highest BCUT2D eigenvalue weighted by atomic mass is 31.2. The summed E-state index contributed by atoms with van der Waals surface area (Å²) in [5.74, 6) is 0.833. The van der Waals surface area contributed by atoms with Crippen LogP contribution in [0.15, 0.2) is 212 Å². The van der Waals surface area contributed by atoms with Crippen molar-refractivity contribution in [1.29, 1.82) is 0 Å². The van der Waals surface area contributed by atoms with E-state index in [1.807, 2.05) is 36.4 Å². The first-order valence-corrected chi connectivity index (χ1v) is 22.5. The van der Waals surface area contributed by atoms with Crippen LogP contribution in [-0.4, -0.2) is 9.55 Å². The molecule has 4 heteroatoms. The summed E-state index contributed by atoms with van der Waals surface area (Å²) in [5.41, 5.74) is 8.05. The Bertz CT molecular complexity index is 3810. The Morgan fingerprint density at radius 3 is 1.74 bits per heavy atom. The van der Waals surface area contributed by atoms with E-state index in [0.717, 1.165) is 82.1 Å². The molecule has 1 atom stereocenters. The van der Waals surface area contributed by atoms with Crippen LogP contribution in [0, 0.1) is 0 Å². The molecule has 0 amide bonds. The number of imidazole rings is 1. The van der Waals surface area contributed by atoms with Crippen LogP contribution in [0.1, 0.15) is 0 Å². The highest BCUT2D eigenvalue weighted by Crippen LogP contribution is 2.54. The predicted octanol–water partition coefficient (Wildman–Crippen LogP) is 13.7. The van der Waals surface area contributed by atoms with Crippen LogP contribution in [-0.2, 0) is 4.57 Å². The number of fused-ring (bicyclic) bond motifs is 8. The molecule has 0 bridgehead atoms. The fourth-order valence-corrected chi connectivity index (χ4v) is 13.5.